The maximum Gasteiger partial charge on any atom is 0.0184 e. The molecule has 1 heteroatoms. The fourth-order valence-electron chi connectivity index (χ4n) is 2.60. The Balaban J connectivity index is 0.000000396. The van der Waals surface area contributed by atoms with Gasteiger partial charge in [0, 0.05) is 5.54 Å². The van der Waals surface area contributed by atoms with Gasteiger partial charge >= 0.3 is 0 Å². The molecule has 1 spiro atoms. The van der Waals surface area contributed by atoms with Crippen molar-refractivity contribution in [2.24, 2.45) is 5.92 Å². The van der Waals surface area contributed by atoms with Crippen molar-refractivity contribution in [2.75, 3.05) is 6.54 Å². The third kappa shape index (κ3) is 2.46. The predicted octanol–water partition coefficient (Wildman–Crippen LogP) is 3.34. The average molecular weight is 183 g/mol. The lowest BCUT2D eigenvalue weighted by Crippen LogP contribution is -2.55. The third-order valence-electron chi connectivity index (χ3n) is 3.62. The molecule has 1 saturated heterocycles. The lowest BCUT2D eigenvalue weighted by atomic mass is 9.68. The van der Waals surface area contributed by atoms with Crippen LogP contribution >= 0.6 is 0 Å². The quantitative estimate of drug-likeness (QED) is 0.657. The molecule has 1 unspecified atom stereocenters. The van der Waals surface area contributed by atoms with E-state index in [1.54, 1.807) is 0 Å². The van der Waals surface area contributed by atoms with Crippen LogP contribution in [0.2, 0.25) is 0 Å². The molecule has 1 atom stereocenters. The minimum absolute atomic E-state index is 0.624. The minimum Gasteiger partial charge on any atom is -0.311 e. The summed E-state index contributed by atoms with van der Waals surface area (Å²) >= 11 is 0. The van der Waals surface area contributed by atoms with Crippen LogP contribution in [-0.2, 0) is 0 Å². The number of hydrogen-bond acceptors (Lipinski definition) is 1. The highest BCUT2D eigenvalue weighted by molar-refractivity contribution is 4.99. The molecule has 2 rings (SSSR count). The summed E-state index contributed by atoms with van der Waals surface area (Å²) < 4.78 is 0. The van der Waals surface area contributed by atoms with Crippen LogP contribution in [0.5, 0.6) is 0 Å². The third-order valence-corrected chi connectivity index (χ3v) is 3.62. The van der Waals surface area contributed by atoms with Crippen molar-refractivity contribution in [1.29, 1.82) is 0 Å². The Morgan fingerprint density at radius 3 is 2.46 bits per heavy atom. The average Bonchev–Trinajstić information content (AvgIpc) is 2.19. The largest absolute Gasteiger partial charge is 0.311 e. The molecule has 78 valence electrons. The van der Waals surface area contributed by atoms with E-state index in [4.69, 9.17) is 0 Å². The Morgan fingerprint density at radius 1 is 1.31 bits per heavy atom. The number of nitrogens with one attached hydrogen (secondary N) is 1. The monoisotopic (exact) mass is 183 g/mol. The second-order valence-electron chi connectivity index (χ2n) is 4.33. The smallest absolute Gasteiger partial charge is 0.0184 e. The summed E-state index contributed by atoms with van der Waals surface area (Å²) in [6.07, 6.45) is 8.63. The summed E-state index contributed by atoms with van der Waals surface area (Å²) in [5.74, 6) is 1.02. The molecule has 2 fully saturated rings. The molecular weight excluding hydrogens is 158 g/mol. The molecule has 2 aliphatic rings. The van der Waals surface area contributed by atoms with Crippen LogP contribution in [0, 0.1) is 5.92 Å². The van der Waals surface area contributed by atoms with Crippen molar-refractivity contribution < 1.29 is 0 Å². The van der Waals surface area contributed by atoms with Crippen LogP contribution in [0.25, 0.3) is 0 Å². The Bertz CT molecular complexity index is 138. The Hall–Kier alpha value is -0.0400. The van der Waals surface area contributed by atoms with Crippen molar-refractivity contribution in [2.45, 2.75) is 64.8 Å². The lowest BCUT2D eigenvalue weighted by molar-refractivity contribution is 0.105. The van der Waals surface area contributed by atoms with Crippen LogP contribution < -0.4 is 5.32 Å². The molecule has 0 radical (unpaired) electrons. The molecular formula is C12H25N. The fraction of sp³-hybridized carbons (Fsp3) is 1.00. The Labute approximate surface area is 83.3 Å². The van der Waals surface area contributed by atoms with E-state index in [0.29, 0.717) is 5.54 Å². The molecule has 1 N–H and O–H groups in total. The summed E-state index contributed by atoms with van der Waals surface area (Å²) in [5.41, 5.74) is 0.624. The van der Waals surface area contributed by atoms with E-state index in [1.165, 1.54) is 45.1 Å². The first-order valence-corrected chi connectivity index (χ1v) is 6.10. The molecule has 13 heavy (non-hydrogen) atoms. The van der Waals surface area contributed by atoms with Gasteiger partial charge in [-0.1, -0.05) is 27.2 Å². The summed E-state index contributed by atoms with van der Waals surface area (Å²) in [4.78, 5) is 0. The SMILES string of the molecule is CC.CCC1CCNC2(CCC2)C1. The number of rotatable bonds is 1. The molecule has 1 heterocycles. The zero-order valence-electron chi connectivity index (χ0n) is 9.53. The molecule has 1 aliphatic heterocycles. The van der Waals surface area contributed by atoms with E-state index in [-0.39, 0.29) is 0 Å². The summed E-state index contributed by atoms with van der Waals surface area (Å²) in [6.45, 7) is 7.61. The van der Waals surface area contributed by atoms with Crippen molar-refractivity contribution in [1.82, 2.24) is 5.32 Å². The van der Waals surface area contributed by atoms with E-state index >= 15 is 0 Å². The molecule has 0 aromatic heterocycles. The van der Waals surface area contributed by atoms with E-state index in [2.05, 4.69) is 12.2 Å². The van der Waals surface area contributed by atoms with E-state index in [0.717, 1.165) is 5.92 Å². The van der Waals surface area contributed by atoms with Crippen molar-refractivity contribution >= 4 is 0 Å². The van der Waals surface area contributed by atoms with Gasteiger partial charge in [0.05, 0.1) is 0 Å². The molecule has 1 nitrogen and oxygen atoms in total. The van der Waals surface area contributed by atoms with Gasteiger partial charge in [0.25, 0.3) is 0 Å². The minimum atomic E-state index is 0.624. The zero-order valence-corrected chi connectivity index (χ0v) is 9.53. The van der Waals surface area contributed by atoms with Gasteiger partial charge in [0.2, 0.25) is 0 Å². The normalized spacial score (nSPS) is 30.2. The molecule has 0 bridgehead atoms. The van der Waals surface area contributed by atoms with Gasteiger partial charge in [-0.15, -0.1) is 0 Å². The van der Waals surface area contributed by atoms with Crippen molar-refractivity contribution in [3.05, 3.63) is 0 Å². The second kappa shape index (κ2) is 4.99. The van der Waals surface area contributed by atoms with Crippen LogP contribution in [0.3, 0.4) is 0 Å². The molecule has 0 aromatic rings. The number of hydrogen-bond donors (Lipinski definition) is 1. The standard InChI is InChI=1S/C10H19N.C2H6/c1-2-9-4-7-11-10(8-9)5-3-6-10;1-2/h9,11H,2-8H2,1H3;1-2H3. The fourth-order valence-corrected chi connectivity index (χ4v) is 2.60. The van der Waals surface area contributed by atoms with Crippen LogP contribution in [0.1, 0.15) is 59.3 Å². The molecule has 0 aromatic carbocycles. The summed E-state index contributed by atoms with van der Waals surface area (Å²) in [5, 5.41) is 3.70. The highest BCUT2D eigenvalue weighted by Crippen LogP contribution is 2.40. The molecule has 1 saturated carbocycles. The summed E-state index contributed by atoms with van der Waals surface area (Å²) in [7, 11) is 0. The summed E-state index contributed by atoms with van der Waals surface area (Å²) in [6, 6.07) is 0. The van der Waals surface area contributed by atoms with Crippen LogP contribution in [0.15, 0.2) is 0 Å². The highest BCUT2D eigenvalue weighted by atomic mass is 15.0. The first-order valence-electron chi connectivity index (χ1n) is 6.10. The maximum atomic E-state index is 3.70. The predicted molar refractivity (Wildman–Crippen MR) is 58.9 cm³/mol. The Morgan fingerprint density at radius 2 is 2.00 bits per heavy atom. The van der Waals surface area contributed by atoms with Gasteiger partial charge in [-0.05, 0) is 44.6 Å². The molecule has 0 amide bonds. The van der Waals surface area contributed by atoms with Crippen LogP contribution in [-0.4, -0.2) is 12.1 Å². The van der Waals surface area contributed by atoms with Gasteiger partial charge < -0.3 is 5.32 Å². The number of piperidine rings is 1. The van der Waals surface area contributed by atoms with Crippen molar-refractivity contribution in [3.63, 3.8) is 0 Å². The highest BCUT2D eigenvalue weighted by Gasteiger charge is 2.40. The lowest BCUT2D eigenvalue weighted by Gasteiger charge is -2.48. The van der Waals surface area contributed by atoms with E-state index in [9.17, 15) is 0 Å². The molecule has 1 aliphatic carbocycles. The Kier molecular flexibility index (Phi) is 4.24. The topological polar surface area (TPSA) is 12.0 Å². The maximum absolute atomic E-state index is 3.70. The van der Waals surface area contributed by atoms with Gasteiger partial charge in [0.15, 0.2) is 0 Å². The van der Waals surface area contributed by atoms with Crippen molar-refractivity contribution in [3.8, 4) is 0 Å². The van der Waals surface area contributed by atoms with E-state index < -0.39 is 0 Å². The second-order valence-corrected chi connectivity index (χ2v) is 4.33. The van der Waals surface area contributed by atoms with Gasteiger partial charge in [-0.3, -0.25) is 0 Å². The first kappa shape index (κ1) is 11.0. The van der Waals surface area contributed by atoms with Gasteiger partial charge in [0.1, 0.15) is 0 Å². The van der Waals surface area contributed by atoms with E-state index in [1.807, 2.05) is 13.8 Å². The first-order chi connectivity index (χ1) is 6.35. The zero-order chi connectivity index (χ0) is 9.73. The van der Waals surface area contributed by atoms with Gasteiger partial charge in [-0.2, -0.15) is 0 Å². The van der Waals surface area contributed by atoms with Gasteiger partial charge in [-0.25, -0.2) is 0 Å². The van der Waals surface area contributed by atoms with Crippen LogP contribution in [0.4, 0.5) is 0 Å².